The highest BCUT2D eigenvalue weighted by molar-refractivity contribution is 14.1. The number of carbonyl (C=O) groups is 2. The van der Waals surface area contributed by atoms with Crippen LogP contribution in [0, 0.1) is 3.57 Å². The number of aromatic nitrogens is 2. The number of ether oxygens (including phenoxy) is 2. The van der Waals surface area contributed by atoms with Gasteiger partial charge in [-0.2, -0.15) is 0 Å². The molecule has 0 spiro atoms. The minimum Gasteiger partial charge on any atom is -0.469 e. The van der Waals surface area contributed by atoms with E-state index in [1.54, 1.807) is 4.57 Å². The van der Waals surface area contributed by atoms with Gasteiger partial charge < -0.3 is 14.0 Å². The van der Waals surface area contributed by atoms with Gasteiger partial charge in [-0.15, -0.1) is 0 Å². The first-order valence-electron chi connectivity index (χ1n) is 14.4. The Bertz CT molecular complexity index is 1810. The second kappa shape index (κ2) is 10.9. The van der Waals surface area contributed by atoms with E-state index in [9.17, 15) is 14.4 Å². The standard InChI is InChI=1S/C34H33IN2O5/c1-5-22-24-15-20(23(32(39)41-4)13-9-19-7-11-21(35)12-8-19)10-14-28(24)36-30-25(22)17-37-29(30)16-27-26(31(37)38)18-42-33(40)34(27,3)6-2/h7-8,10-12,14-16,23H,5-6,9,13,17-18H2,1-4H3/t23-,34?/m1/s1. The lowest BCUT2D eigenvalue weighted by atomic mass is 9.76. The van der Waals surface area contributed by atoms with E-state index in [4.69, 9.17) is 14.5 Å². The maximum atomic E-state index is 13.7. The fourth-order valence-electron chi connectivity index (χ4n) is 6.49. The number of aryl methyl sites for hydroxylation is 2. The van der Waals surface area contributed by atoms with E-state index in [1.807, 2.05) is 32.0 Å². The number of methoxy groups -OCH3 is 1. The number of fused-ring (bicyclic) bond motifs is 5. The zero-order chi connectivity index (χ0) is 29.8. The molecule has 0 N–H and O–H groups in total. The van der Waals surface area contributed by atoms with E-state index >= 15 is 0 Å². The second-order valence-electron chi connectivity index (χ2n) is 11.4. The fraction of sp³-hybridized carbons (Fsp3) is 0.353. The van der Waals surface area contributed by atoms with Crippen LogP contribution in [0.3, 0.4) is 0 Å². The zero-order valence-electron chi connectivity index (χ0n) is 24.3. The van der Waals surface area contributed by atoms with Crippen LogP contribution in [0.2, 0.25) is 0 Å². The molecule has 1 unspecified atom stereocenters. The maximum absolute atomic E-state index is 13.7. The van der Waals surface area contributed by atoms with Crippen molar-refractivity contribution in [3.8, 4) is 11.4 Å². The van der Waals surface area contributed by atoms with Gasteiger partial charge in [-0.1, -0.05) is 32.0 Å². The van der Waals surface area contributed by atoms with Crippen LogP contribution >= 0.6 is 22.6 Å². The van der Waals surface area contributed by atoms with Crippen molar-refractivity contribution >= 4 is 45.4 Å². The number of cyclic esters (lactones) is 1. The largest absolute Gasteiger partial charge is 0.469 e. The van der Waals surface area contributed by atoms with Gasteiger partial charge in [0.1, 0.15) is 6.61 Å². The first kappa shape index (κ1) is 28.6. The summed E-state index contributed by atoms with van der Waals surface area (Å²) >= 11 is 2.29. The van der Waals surface area contributed by atoms with Crippen molar-refractivity contribution in [3.63, 3.8) is 0 Å². The van der Waals surface area contributed by atoms with Crippen LogP contribution in [-0.4, -0.2) is 28.6 Å². The highest BCUT2D eigenvalue weighted by atomic mass is 127. The van der Waals surface area contributed by atoms with Crippen LogP contribution in [0.15, 0.2) is 53.3 Å². The molecule has 2 aliphatic heterocycles. The molecule has 0 amide bonds. The molecule has 42 heavy (non-hydrogen) atoms. The molecule has 0 saturated heterocycles. The summed E-state index contributed by atoms with van der Waals surface area (Å²) in [5.74, 6) is -0.963. The molecule has 0 radical (unpaired) electrons. The number of benzene rings is 2. The van der Waals surface area contributed by atoms with Gasteiger partial charge in [0, 0.05) is 14.5 Å². The third-order valence-electron chi connectivity index (χ3n) is 9.16. The molecular formula is C34H33IN2O5. The van der Waals surface area contributed by atoms with Crippen molar-refractivity contribution in [1.82, 2.24) is 9.55 Å². The van der Waals surface area contributed by atoms with Gasteiger partial charge in [0.25, 0.3) is 5.56 Å². The predicted octanol–water partition coefficient (Wildman–Crippen LogP) is 6.21. The monoisotopic (exact) mass is 676 g/mol. The van der Waals surface area contributed by atoms with Crippen LogP contribution in [0.5, 0.6) is 0 Å². The number of esters is 2. The lowest BCUT2D eigenvalue weighted by Crippen LogP contribution is -2.42. The third kappa shape index (κ3) is 4.55. The zero-order valence-corrected chi connectivity index (χ0v) is 26.4. The lowest BCUT2D eigenvalue weighted by Gasteiger charge is -2.33. The normalized spacial score (nSPS) is 17.8. The maximum Gasteiger partial charge on any atom is 0.316 e. The number of pyridine rings is 2. The van der Waals surface area contributed by atoms with Gasteiger partial charge in [-0.05, 0) is 108 Å². The SMILES string of the molecule is CCc1c2c(nc3ccc([C@@H](CCc4ccc(I)cc4)C(=O)OC)cc13)-c1cc3c(c(=O)n1C2)COC(=O)C3(C)CC. The summed E-state index contributed by atoms with van der Waals surface area (Å²) in [5, 5.41) is 0.986. The van der Waals surface area contributed by atoms with Gasteiger partial charge in [-0.3, -0.25) is 14.4 Å². The van der Waals surface area contributed by atoms with Gasteiger partial charge in [0.15, 0.2) is 0 Å². The first-order chi connectivity index (χ1) is 20.2. The average Bonchev–Trinajstić information content (AvgIpc) is 3.37. The number of rotatable bonds is 7. The Kier molecular flexibility index (Phi) is 7.45. The molecule has 216 valence electrons. The summed E-state index contributed by atoms with van der Waals surface area (Å²) in [6.07, 6.45) is 2.66. The number of nitrogens with zero attached hydrogens (tertiary/aromatic N) is 2. The Morgan fingerprint density at radius 2 is 1.88 bits per heavy atom. The molecule has 2 aromatic heterocycles. The van der Waals surface area contributed by atoms with Crippen molar-refractivity contribution in [2.75, 3.05) is 7.11 Å². The van der Waals surface area contributed by atoms with Crippen molar-refractivity contribution in [3.05, 3.63) is 95.8 Å². The second-order valence-corrected chi connectivity index (χ2v) is 12.6. The first-order valence-corrected chi connectivity index (χ1v) is 15.5. The van der Waals surface area contributed by atoms with E-state index in [0.29, 0.717) is 24.9 Å². The lowest BCUT2D eigenvalue weighted by molar-refractivity contribution is -0.153. The number of halogens is 1. The molecule has 2 atom stereocenters. The van der Waals surface area contributed by atoms with Crippen molar-refractivity contribution in [2.45, 2.75) is 70.9 Å². The van der Waals surface area contributed by atoms with Crippen LogP contribution in [0.25, 0.3) is 22.3 Å². The summed E-state index contributed by atoms with van der Waals surface area (Å²) in [7, 11) is 1.43. The summed E-state index contributed by atoms with van der Waals surface area (Å²) in [6.45, 7) is 6.30. The molecule has 4 aromatic rings. The molecule has 0 bridgehead atoms. The molecule has 2 aliphatic rings. The topological polar surface area (TPSA) is 87.5 Å². The summed E-state index contributed by atoms with van der Waals surface area (Å²) in [5.41, 5.74) is 6.85. The van der Waals surface area contributed by atoms with Gasteiger partial charge in [0.2, 0.25) is 0 Å². The Labute approximate surface area is 258 Å². The van der Waals surface area contributed by atoms with Crippen molar-refractivity contribution in [1.29, 1.82) is 0 Å². The Hall–Kier alpha value is -3.53. The average molecular weight is 677 g/mol. The smallest absolute Gasteiger partial charge is 0.316 e. The Morgan fingerprint density at radius 1 is 1.12 bits per heavy atom. The summed E-state index contributed by atoms with van der Waals surface area (Å²) in [4.78, 5) is 44.5. The minimum atomic E-state index is -0.870. The van der Waals surface area contributed by atoms with Crippen LogP contribution in [0.4, 0.5) is 0 Å². The van der Waals surface area contributed by atoms with E-state index < -0.39 is 11.3 Å². The number of hydrogen-bond acceptors (Lipinski definition) is 6. The molecule has 7 nitrogen and oxygen atoms in total. The highest BCUT2D eigenvalue weighted by Gasteiger charge is 2.43. The number of carbonyl (C=O) groups excluding carboxylic acids is 2. The molecule has 4 heterocycles. The van der Waals surface area contributed by atoms with Crippen molar-refractivity contribution in [2.24, 2.45) is 0 Å². The van der Waals surface area contributed by atoms with Gasteiger partial charge >= 0.3 is 11.9 Å². The van der Waals surface area contributed by atoms with Crippen LogP contribution in [0.1, 0.15) is 72.9 Å². The number of hydrogen-bond donors (Lipinski definition) is 0. The quantitative estimate of drug-likeness (QED) is 0.151. The predicted molar refractivity (Wildman–Crippen MR) is 170 cm³/mol. The molecule has 0 fully saturated rings. The highest BCUT2D eigenvalue weighted by Crippen LogP contribution is 2.41. The molecule has 0 saturated carbocycles. The Balaban J connectivity index is 1.44. The molecular weight excluding hydrogens is 643 g/mol. The van der Waals surface area contributed by atoms with Crippen molar-refractivity contribution < 1.29 is 19.1 Å². The molecule has 8 heteroatoms. The third-order valence-corrected chi connectivity index (χ3v) is 9.88. The molecule has 0 aliphatic carbocycles. The van der Waals surface area contributed by atoms with Crippen LogP contribution < -0.4 is 5.56 Å². The van der Waals surface area contributed by atoms with E-state index in [0.717, 1.165) is 57.4 Å². The minimum absolute atomic E-state index is 0.00422. The van der Waals surface area contributed by atoms with Gasteiger partial charge in [0.05, 0.1) is 47.5 Å². The van der Waals surface area contributed by atoms with E-state index in [2.05, 4.69) is 59.8 Å². The Morgan fingerprint density at radius 3 is 2.57 bits per heavy atom. The summed E-state index contributed by atoms with van der Waals surface area (Å²) < 4.78 is 13.6. The summed E-state index contributed by atoms with van der Waals surface area (Å²) in [6, 6.07) is 16.3. The fourth-order valence-corrected chi connectivity index (χ4v) is 6.85. The van der Waals surface area contributed by atoms with Gasteiger partial charge in [-0.25, -0.2) is 4.98 Å². The van der Waals surface area contributed by atoms with Crippen LogP contribution in [-0.2, 0) is 50.5 Å². The molecule has 6 rings (SSSR count). The van der Waals surface area contributed by atoms with E-state index in [1.165, 1.54) is 16.2 Å². The molecule has 2 aromatic carbocycles. The van der Waals surface area contributed by atoms with E-state index in [-0.39, 0.29) is 24.1 Å².